The monoisotopic (exact) mass is 324 g/mol. The van der Waals surface area contributed by atoms with Crippen LogP contribution in [0, 0.1) is 5.82 Å². The molecule has 1 aromatic carbocycles. The Morgan fingerprint density at radius 1 is 1.22 bits per heavy atom. The molecule has 1 aliphatic rings. The van der Waals surface area contributed by atoms with Gasteiger partial charge in [-0.2, -0.15) is 0 Å². The molecule has 1 saturated heterocycles. The highest BCUT2D eigenvalue weighted by molar-refractivity contribution is 6.58. The van der Waals surface area contributed by atoms with Crippen LogP contribution in [0.1, 0.15) is 20.8 Å². The average molecular weight is 324 g/mol. The lowest BCUT2D eigenvalue weighted by Gasteiger charge is -2.36. The number of carbonyl (C=O) groups excluding carboxylic acids is 1. The third kappa shape index (κ3) is 4.59. The Hall–Kier alpha value is -1.80. The molecule has 126 valence electrons. The molecule has 6 nitrogen and oxygen atoms in total. The van der Waals surface area contributed by atoms with E-state index in [-0.39, 0.29) is 11.6 Å². The van der Waals surface area contributed by atoms with Crippen LogP contribution >= 0.6 is 0 Å². The quantitative estimate of drug-likeness (QED) is 0.778. The first kappa shape index (κ1) is 17.6. The van der Waals surface area contributed by atoms with Crippen molar-refractivity contribution in [2.45, 2.75) is 26.4 Å². The van der Waals surface area contributed by atoms with Crippen LogP contribution in [-0.2, 0) is 4.74 Å². The van der Waals surface area contributed by atoms with Gasteiger partial charge in [0.2, 0.25) is 0 Å². The van der Waals surface area contributed by atoms with Gasteiger partial charge in [0.05, 0.1) is 0 Å². The van der Waals surface area contributed by atoms with Gasteiger partial charge in [0, 0.05) is 37.3 Å². The summed E-state index contributed by atoms with van der Waals surface area (Å²) >= 11 is 0. The Bertz CT molecular complexity index is 569. The predicted octanol–water partition coefficient (Wildman–Crippen LogP) is 0.563. The van der Waals surface area contributed by atoms with Crippen molar-refractivity contribution in [2.24, 2.45) is 0 Å². The summed E-state index contributed by atoms with van der Waals surface area (Å²) in [5.41, 5.74) is 0.00700. The third-order valence-corrected chi connectivity index (χ3v) is 3.55. The molecule has 0 atom stereocenters. The van der Waals surface area contributed by atoms with Crippen molar-refractivity contribution in [3.05, 3.63) is 24.0 Å². The Morgan fingerprint density at radius 3 is 2.35 bits per heavy atom. The number of amides is 1. The molecule has 1 amide bonds. The van der Waals surface area contributed by atoms with Crippen LogP contribution in [0.3, 0.4) is 0 Å². The van der Waals surface area contributed by atoms with E-state index in [1.165, 1.54) is 12.1 Å². The summed E-state index contributed by atoms with van der Waals surface area (Å²) in [5.74, 6) is -0.656. The zero-order chi connectivity index (χ0) is 17.2. The minimum atomic E-state index is -1.85. The van der Waals surface area contributed by atoms with Crippen molar-refractivity contribution < 1.29 is 24.0 Å². The number of halogens is 1. The fourth-order valence-electron chi connectivity index (χ4n) is 2.40. The molecule has 1 fully saturated rings. The van der Waals surface area contributed by atoms with E-state index in [0.29, 0.717) is 31.9 Å². The molecule has 2 N–H and O–H groups in total. The van der Waals surface area contributed by atoms with E-state index in [9.17, 15) is 19.2 Å². The van der Waals surface area contributed by atoms with Crippen molar-refractivity contribution in [3.8, 4) is 0 Å². The molecule has 0 unspecified atom stereocenters. The predicted molar refractivity (Wildman–Crippen MR) is 86.2 cm³/mol. The van der Waals surface area contributed by atoms with Crippen molar-refractivity contribution in [3.63, 3.8) is 0 Å². The molecular weight excluding hydrogens is 302 g/mol. The molecule has 0 aliphatic carbocycles. The van der Waals surface area contributed by atoms with Gasteiger partial charge in [-0.15, -0.1) is 0 Å². The first-order valence-corrected chi connectivity index (χ1v) is 7.56. The molecule has 0 bridgehead atoms. The highest BCUT2D eigenvalue weighted by Gasteiger charge is 2.26. The minimum absolute atomic E-state index is 0.155. The zero-order valence-electron chi connectivity index (χ0n) is 13.6. The fourth-order valence-corrected chi connectivity index (χ4v) is 2.40. The summed E-state index contributed by atoms with van der Waals surface area (Å²) in [6.45, 7) is 7.56. The van der Waals surface area contributed by atoms with Gasteiger partial charge in [-0.25, -0.2) is 9.18 Å². The lowest BCUT2D eigenvalue weighted by atomic mass is 9.79. The summed E-state index contributed by atoms with van der Waals surface area (Å²) in [7, 11) is -1.85. The summed E-state index contributed by atoms with van der Waals surface area (Å²) in [6.07, 6.45) is -0.345. The van der Waals surface area contributed by atoms with Gasteiger partial charge in [-0.1, -0.05) is 0 Å². The smallest absolute Gasteiger partial charge is 0.444 e. The van der Waals surface area contributed by atoms with Gasteiger partial charge in [-0.05, 0) is 39.0 Å². The van der Waals surface area contributed by atoms with Gasteiger partial charge in [0.15, 0.2) is 0 Å². The zero-order valence-corrected chi connectivity index (χ0v) is 13.6. The second-order valence-electron chi connectivity index (χ2n) is 6.53. The van der Waals surface area contributed by atoms with Crippen LogP contribution < -0.4 is 10.4 Å². The van der Waals surface area contributed by atoms with Crippen LogP contribution in [0.5, 0.6) is 0 Å². The highest BCUT2D eigenvalue weighted by atomic mass is 19.1. The Balaban J connectivity index is 1.99. The Morgan fingerprint density at radius 2 is 1.83 bits per heavy atom. The molecule has 1 aromatic rings. The molecule has 8 heteroatoms. The summed E-state index contributed by atoms with van der Waals surface area (Å²) in [6, 6.07) is 4.22. The maximum atomic E-state index is 13.5. The third-order valence-electron chi connectivity index (χ3n) is 3.55. The average Bonchev–Trinajstić information content (AvgIpc) is 2.46. The van der Waals surface area contributed by atoms with E-state index in [1.807, 2.05) is 25.7 Å². The van der Waals surface area contributed by atoms with Gasteiger partial charge in [-0.3, -0.25) is 0 Å². The van der Waals surface area contributed by atoms with E-state index < -0.39 is 18.5 Å². The molecule has 0 spiro atoms. The van der Waals surface area contributed by atoms with E-state index in [2.05, 4.69) is 0 Å². The standard InChI is InChI=1S/C15H22BFN2O4/c1-15(2,3)23-14(20)19-8-6-18(7-9-19)11-4-5-13(17)12(10-11)16(21)22/h4-5,10,21-22H,6-9H2,1-3H3. The van der Waals surface area contributed by atoms with E-state index in [0.717, 1.165) is 0 Å². The Kier molecular flexibility index (Phi) is 5.16. The number of ether oxygens (including phenoxy) is 1. The number of piperazine rings is 1. The van der Waals surface area contributed by atoms with Crippen LogP contribution in [0.25, 0.3) is 0 Å². The number of anilines is 1. The maximum absolute atomic E-state index is 13.5. The van der Waals surface area contributed by atoms with Gasteiger partial charge < -0.3 is 24.6 Å². The lowest BCUT2D eigenvalue weighted by molar-refractivity contribution is 0.0240. The Labute approximate surface area is 135 Å². The second kappa shape index (κ2) is 6.76. The number of rotatable bonds is 2. The largest absolute Gasteiger partial charge is 0.491 e. The fraction of sp³-hybridized carbons (Fsp3) is 0.533. The molecule has 0 radical (unpaired) electrons. The van der Waals surface area contributed by atoms with Gasteiger partial charge in [0.25, 0.3) is 0 Å². The molecule has 0 saturated carbocycles. The van der Waals surface area contributed by atoms with Crippen molar-refractivity contribution >= 4 is 24.4 Å². The van der Waals surface area contributed by atoms with Crippen molar-refractivity contribution in [1.82, 2.24) is 4.90 Å². The number of nitrogens with zero attached hydrogens (tertiary/aromatic N) is 2. The number of hydrogen-bond donors (Lipinski definition) is 2. The van der Waals surface area contributed by atoms with Crippen LogP contribution in [-0.4, -0.2) is 59.9 Å². The first-order chi connectivity index (χ1) is 10.7. The summed E-state index contributed by atoms with van der Waals surface area (Å²) in [4.78, 5) is 15.6. The molecule has 23 heavy (non-hydrogen) atoms. The van der Waals surface area contributed by atoms with E-state index in [4.69, 9.17) is 4.74 Å². The SMILES string of the molecule is CC(C)(C)OC(=O)N1CCN(c2ccc(F)c(B(O)O)c2)CC1. The lowest BCUT2D eigenvalue weighted by Crippen LogP contribution is -2.50. The second-order valence-corrected chi connectivity index (χ2v) is 6.53. The first-order valence-electron chi connectivity index (χ1n) is 7.56. The number of benzene rings is 1. The molecule has 0 aromatic heterocycles. The number of carbonyl (C=O) groups is 1. The highest BCUT2D eigenvalue weighted by Crippen LogP contribution is 2.18. The molecule has 2 rings (SSSR count). The van der Waals surface area contributed by atoms with Crippen molar-refractivity contribution in [2.75, 3.05) is 31.1 Å². The van der Waals surface area contributed by atoms with Crippen molar-refractivity contribution in [1.29, 1.82) is 0 Å². The van der Waals surface area contributed by atoms with Gasteiger partial charge >= 0.3 is 13.2 Å². The number of hydrogen-bond acceptors (Lipinski definition) is 5. The summed E-state index contributed by atoms with van der Waals surface area (Å²) in [5, 5.41) is 18.4. The van der Waals surface area contributed by atoms with E-state index >= 15 is 0 Å². The molecule has 1 heterocycles. The van der Waals surface area contributed by atoms with Crippen LogP contribution in [0.15, 0.2) is 18.2 Å². The van der Waals surface area contributed by atoms with Crippen LogP contribution in [0.2, 0.25) is 0 Å². The topological polar surface area (TPSA) is 73.2 Å². The maximum Gasteiger partial charge on any atom is 0.491 e. The minimum Gasteiger partial charge on any atom is -0.444 e. The van der Waals surface area contributed by atoms with Crippen LogP contribution in [0.4, 0.5) is 14.9 Å². The normalized spacial score (nSPS) is 15.6. The molecule has 1 aliphatic heterocycles. The molecular formula is C15H22BFN2O4. The summed E-state index contributed by atoms with van der Waals surface area (Å²) < 4.78 is 18.8. The van der Waals surface area contributed by atoms with Gasteiger partial charge in [0.1, 0.15) is 11.4 Å². The van der Waals surface area contributed by atoms with E-state index in [1.54, 1.807) is 11.0 Å².